The second-order valence-corrected chi connectivity index (χ2v) is 8.64. The van der Waals surface area contributed by atoms with Crippen molar-refractivity contribution in [1.82, 2.24) is 0 Å². The van der Waals surface area contributed by atoms with Crippen LogP contribution in [0.2, 0.25) is 0 Å². The number of ether oxygens (including phenoxy) is 2. The lowest BCUT2D eigenvalue weighted by atomic mass is 9.82. The Hall–Kier alpha value is -1.06. The summed E-state index contributed by atoms with van der Waals surface area (Å²) >= 11 is 0. The summed E-state index contributed by atoms with van der Waals surface area (Å²) < 4.78 is 11.2. The van der Waals surface area contributed by atoms with Crippen molar-refractivity contribution in [3.8, 4) is 0 Å². The maximum atomic E-state index is 12.4. The van der Waals surface area contributed by atoms with Crippen LogP contribution in [0.1, 0.15) is 119 Å². The summed E-state index contributed by atoms with van der Waals surface area (Å²) in [6, 6.07) is 0. The SMILES string of the molecule is CC.CCCCC(CC)COC(=O)C1CCC(C(=O)OCC(CC)CCCC)CC1. The molecular weight excluding hydrogens is 376 g/mol. The molecular formula is C26H50O4. The first-order valence-electron chi connectivity index (χ1n) is 12.9. The molecule has 30 heavy (non-hydrogen) atoms. The van der Waals surface area contributed by atoms with E-state index >= 15 is 0 Å². The van der Waals surface area contributed by atoms with Crippen LogP contribution in [0, 0.1) is 23.7 Å². The fraction of sp³-hybridized carbons (Fsp3) is 0.923. The third-order valence-corrected chi connectivity index (χ3v) is 6.40. The van der Waals surface area contributed by atoms with Gasteiger partial charge in [0.1, 0.15) is 0 Å². The zero-order valence-electron chi connectivity index (χ0n) is 20.8. The minimum atomic E-state index is -0.0626. The van der Waals surface area contributed by atoms with E-state index in [0.717, 1.165) is 51.4 Å². The Morgan fingerprint density at radius 3 is 1.30 bits per heavy atom. The van der Waals surface area contributed by atoms with Crippen LogP contribution in [0.4, 0.5) is 0 Å². The molecule has 178 valence electrons. The Bertz CT molecular complexity index is 387. The van der Waals surface area contributed by atoms with Gasteiger partial charge in [-0.2, -0.15) is 0 Å². The minimum absolute atomic E-state index is 0.0410. The molecule has 0 aliphatic heterocycles. The predicted molar refractivity (Wildman–Crippen MR) is 125 cm³/mol. The Balaban J connectivity index is 0.00000407. The molecule has 1 rings (SSSR count). The van der Waals surface area contributed by atoms with Crippen LogP contribution in [0.25, 0.3) is 0 Å². The molecule has 2 atom stereocenters. The van der Waals surface area contributed by atoms with Gasteiger partial charge in [0.2, 0.25) is 0 Å². The predicted octanol–water partition coefficient (Wildman–Crippen LogP) is 7.34. The first kappa shape index (κ1) is 28.9. The fourth-order valence-corrected chi connectivity index (χ4v) is 4.00. The molecule has 0 aromatic heterocycles. The summed E-state index contributed by atoms with van der Waals surface area (Å²) in [5, 5.41) is 0. The van der Waals surface area contributed by atoms with Crippen molar-refractivity contribution in [2.45, 2.75) is 119 Å². The van der Waals surface area contributed by atoms with Gasteiger partial charge in [-0.05, 0) is 50.4 Å². The van der Waals surface area contributed by atoms with Crippen molar-refractivity contribution >= 4 is 11.9 Å². The van der Waals surface area contributed by atoms with E-state index in [2.05, 4.69) is 27.7 Å². The molecule has 0 aromatic rings. The van der Waals surface area contributed by atoms with E-state index in [1.54, 1.807) is 0 Å². The standard InChI is InChI=1S/C24H44O4.C2H6/c1-5-9-11-19(7-3)17-27-23(25)21-13-15-22(16-14-21)24(26)28-18-20(8-4)12-10-6-2;1-2/h19-22H,5-18H2,1-4H3;1-2H3. The molecule has 4 nitrogen and oxygen atoms in total. The average molecular weight is 427 g/mol. The van der Waals surface area contributed by atoms with E-state index < -0.39 is 0 Å². The van der Waals surface area contributed by atoms with Gasteiger partial charge < -0.3 is 9.47 Å². The van der Waals surface area contributed by atoms with Crippen molar-refractivity contribution in [2.75, 3.05) is 13.2 Å². The third kappa shape index (κ3) is 12.0. The maximum Gasteiger partial charge on any atom is 0.308 e. The minimum Gasteiger partial charge on any atom is -0.465 e. The summed E-state index contributed by atoms with van der Waals surface area (Å²) in [6.07, 6.45) is 12.1. The van der Waals surface area contributed by atoms with Gasteiger partial charge >= 0.3 is 11.9 Å². The lowest BCUT2D eigenvalue weighted by Gasteiger charge is -2.27. The van der Waals surface area contributed by atoms with Gasteiger partial charge in [-0.3, -0.25) is 9.59 Å². The summed E-state index contributed by atoms with van der Waals surface area (Å²) in [4.78, 5) is 24.8. The largest absolute Gasteiger partial charge is 0.465 e. The normalized spacial score (nSPS) is 20.5. The highest BCUT2D eigenvalue weighted by Gasteiger charge is 2.32. The van der Waals surface area contributed by atoms with Crippen molar-refractivity contribution < 1.29 is 19.1 Å². The van der Waals surface area contributed by atoms with Gasteiger partial charge in [0.15, 0.2) is 0 Å². The van der Waals surface area contributed by atoms with Gasteiger partial charge in [-0.1, -0.05) is 80.1 Å². The summed E-state index contributed by atoms with van der Waals surface area (Å²) in [5.41, 5.74) is 0. The second kappa shape index (κ2) is 18.7. The first-order chi connectivity index (χ1) is 14.5. The monoisotopic (exact) mass is 426 g/mol. The van der Waals surface area contributed by atoms with Crippen molar-refractivity contribution in [1.29, 1.82) is 0 Å². The number of hydrogen-bond acceptors (Lipinski definition) is 4. The molecule has 0 heterocycles. The van der Waals surface area contributed by atoms with Crippen LogP contribution in [0.15, 0.2) is 0 Å². The number of rotatable bonds is 14. The van der Waals surface area contributed by atoms with Crippen molar-refractivity contribution in [3.63, 3.8) is 0 Å². The Morgan fingerprint density at radius 1 is 0.700 bits per heavy atom. The second-order valence-electron chi connectivity index (χ2n) is 8.64. The van der Waals surface area contributed by atoms with E-state index in [-0.39, 0.29) is 23.8 Å². The van der Waals surface area contributed by atoms with E-state index in [0.29, 0.717) is 25.0 Å². The number of unbranched alkanes of at least 4 members (excludes halogenated alkanes) is 2. The van der Waals surface area contributed by atoms with Crippen LogP contribution in [0.5, 0.6) is 0 Å². The molecule has 1 aliphatic rings. The molecule has 0 N–H and O–H groups in total. The fourth-order valence-electron chi connectivity index (χ4n) is 4.00. The van der Waals surface area contributed by atoms with Gasteiger partial charge in [0.25, 0.3) is 0 Å². The molecule has 0 aromatic carbocycles. The Labute approximate surface area is 186 Å². The van der Waals surface area contributed by atoms with E-state index in [1.807, 2.05) is 13.8 Å². The maximum absolute atomic E-state index is 12.4. The number of esters is 2. The number of carbonyl (C=O) groups excluding carboxylic acids is 2. The quantitative estimate of drug-likeness (QED) is 0.273. The van der Waals surface area contributed by atoms with E-state index in [9.17, 15) is 9.59 Å². The summed E-state index contributed by atoms with van der Waals surface area (Å²) in [6.45, 7) is 13.8. The Morgan fingerprint density at radius 2 is 1.03 bits per heavy atom. The van der Waals surface area contributed by atoms with Crippen LogP contribution in [-0.4, -0.2) is 25.2 Å². The summed E-state index contributed by atoms with van der Waals surface area (Å²) in [7, 11) is 0. The van der Waals surface area contributed by atoms with Crippen LogP contribution < -0.4 is 0 Å². The molecule has 2 unspecified atom stereocenters. The highest BCUT2D eigenvalue weighted by Crippen LogP contribution is 2.31. The highest BCUT2D eigenvalue weighted by molar-refractivity contribution is 5.75. The number of hydrogen-bond donors (Lipinski definition) is 0. The molecule has 0 bridgehead atoms. The van der Waals surface area contributed by atoms with Gasteiger partial charge in [-0.15, -0.1) is 0 Å². The number of carbonyl (C=O) groups is 2. The highest BCUT2D eigenvalue weighted by atomic mass is 16.5. The lowest BCUT2D eigenvalue weighted by Crippen LogP contribution is -2.29. The Kier molecular flexibility index (Phi) is 18.0. The molecule has 0 saturated heterocycles. The smallest absolute Gasteiger partial charge is 0.308 e. The topological polar surface area (TPSA) is 52.6 Å². The molecule has 0 amide bonds. The van der Waals surface area contributed by atoms with Crippen molar-refractivity contribution in [2.24, 2.45) is 23.7 Å². The van der Waals surface area contributed by atoms with E-state index in [4.69, 9.17) is 9.47 Å². The van der Waals surface area contributed by atoms with Crippen LogP contribution in [-0.2, 0) is 19.1 Å². The third-order valence-electron chi connectivity index (χ3n) is 6.40. The molecule has 1 aliphatic carbocycles. The van der Waals surface area contributed by atoms with Gasteiger partial charge in [-0.25, -0.2) is 0 Å². The molecule has 0 spiro atoms. The summed E-state index contributed by atoms with van der Waals surface area (Å²) in [5.74, 6) is 0.755. The van der Waals surface area contributed by atoms with E-state index in [1.165, 1.54) is 25.7 Å². The van der Waals surface area contributed by atoms with Crippen molar-refractivity contribution in [3.05, 3.63) is 0 Å². The molecule has 1 fully saturated rings. The molecule has 0 radical (unpaired) electrons. The van der Waals surface area contributed by atoms with Crippen LogP contribution >= 0.6 is 0 Å². The van der Waals surface area contributed by atoms with Crippen LogP contribution in [0.3, 0.4) is 0 Å². The lowest BCUT2D eigenvalue weighted by molar-refractivity contribution is -0.156. The zero-order chi connectivity index (χ0) is 22.8. The van der Waals surface area contributed by atoms with Gasteiger partial charge in [0.05, 0.1) is 25.0 Å². The van der Waals surface area contributed by atoms with Gasteiger partial charge in [0, 0.05) is 0 Å². The molecule has 1 saturated carbocycles. The average Bonchev–Trinajstić information content (AvgIpc) is 2.80. The molecule has 4 heteroatoms. The zero-order valence-corrected chi connectivity index (χ0v) is 20.8. The first-order valence-corrected chi connectivity index (χ1v) is 12.9.